The smallest absolute Gasteiger partial charge is 0.254 e. The number of carbonyl (C=O) groups excluding carboxylic acids is 3. The van der Waals surface area contributed by atoms with Gasteiger partial charge in [-0.05, 0) is 49.4 Å². The van der Waals surface area contributed by atoms with E-state index in [0.717, 1.165) is 12.8 Å². The van der Waals surface area contributed by atoms with Gasteiger partial charge in [-0.15, -0.1) is 0 Å². The second-order valence-electron chi connectivity index (χ2n) is 7.17. The van der Waals surface area contributed by atoms with Crippen molar-refractivity contribution in [2.45, 2.75) is 52.5 Å². The van der Waals surface area contributed by atoms with Gasteiger partial charge < -0.3 is 15.5 Å². The lowest BCUT2D eigenvalue weighted by molar-refractivity contribution is -0.124. The van der Waals surface area contributed by atoms with Crippen LogP contribution in [-0.2, 0) is 9.59 Å². The number of rotatable bonds is 7. The van der Waals surface area contributed by atoms with E-state index in [0.29, 0.717) is 43.1 Å². The number of amides is 3. The van der Waals surface area contributed by atoms with Crippen LogP contribution in [0.2, 0.25) is 0 Å². The summed E-state index contributed by atoms with van der Waals surface area (Å²) in [6, 6.07) is 6.47. The van der Waals surface area contributed by atoms with Crippen molar-refractivity contribution in [1.29, 1.82) is 0 Å². The molecule has 1 atom stereocenters. The maximum Gasteiger partial charge on any atom is 0.254 e. The first-order chi connectivity index (χ1) is 12.4. The van der Waals surface area contributed by atoms with Crippen molar-refractivity contribution in [2.24, 2.45) is 5.92 Å². The molecule has 1 aliphatic heterocycles. The summed E-state index contributed by atoms with van der Waals surface area (Å²) < 4.78 is 0. The van der Waals surface area contributed by atoms with E-state index in [2.05, 4.69) is 10.6 Å². The van der Waals surface area contributed by atoms with Crippen molar-refractivity contribution in [3.05, 3.63) is 29.8 Å². The molecular weight excluding hydrogens is 330 g/mol. The number of likely N-dealkylation sites (tertiary alicyclic amines) is 1. The topological polar surface area (TPSA) is 78.5 Å². The van der Waals surface area contributed by atoms with Gasteiger partial charge in [-0.2, -0.15) is 0 Å². The van der Waals surface area contributed by atoms with E-state index in [4.69, 9.17) is 0 Å². The zero-order valence-corrected chi connectivity index (χ0v) is 15.9. The van der Waals surface area contributed by atoms with Crippen molar-refractivity contribution in [3.63, 3.8) is 0 Å². The fraction of sp³-hybridized carbons (Fsp3) is 0.550. The molecule has 1 aromatic carbocycles. The van der Waals surface area contributed by atoms with Crippen molar-refractivity contribution >= 4 is 23.4 Å². The quantitative estimate of drug-likeness (QED) is 0.786. The predicted molar refractivity (Wildman–Crippen MR) is 102 cm³/mol. The van der Waals surface area contributed by atoms with Gasteiger partial charge in [0.25, 0.3) is 5.91 Å². The Balaban J connectivity index is 2.00. The Labute approximate surface area is 155 Å². The third-order valence-electron chi connectivity index (χ3n) is 4.37. The fourth-order valence-corrected chi connectivity index (χ4v) is 3.09. The Hall–Kier alpha value is -2.37. The molecule has 142 valence electrons. The molecule has 0 saturated carbocycles. The third kappa shape index (κ3) is 5.31. The molecule has 3 amide bonds. The van der Waals surface area contributed by atoms with E-state index in [9.17, 15) is 14.4 Å². The van der Waals surface area contributed by atoms with E-state index >= 15 is 0 Å². The van der Waals surface area contributed by atoms with Gasteiger partial charge in [0.15, 0.2) is 0 Å². The molecule has 6 nitrogen and oxygen atoms in total. The van der Waals surface area contributed by atoms with Gasteiger partial charge in [-0.3, -0.25) is 14.4 Å². The molecule has 2 rings (SSSR count). The number of anilines is 1. The molecule has 1 heterocycles. The normalized spacial score (nSPS) is 16.6. The molecule has 6 heteroatoms. The monoisotopic (exact) mass is 359 g/mol. The molecule has 0 bridgehead atoms. The molecule has 1 fully saturated rings. The van der Waals surface area contributed by atoms with E-state index in [1.54, 1.807) is 29.2 Å². The zero-order valence-electron chi connectivity index (χ0n) is 15.9. The minimum absolute atomic E-state index is 0.0359. The van der Waals surface area contributed by atoms with E-state index in [-0.39, 0.29) is 23.8 Å². The largest absolute Gasteiger partial charge is 0.354 e. The summed E-state index contributed by atoms with van der Waals surface area (Å²) in [6.07, 6.45) is 2.86. The first-order valence-corrected chi connectivity index (χ1v) is 9.41. The van der Waals surface area contributed by atoms with Gasteiger partial charge in [0.1, 0.15) is 6.04 Å². The maximum atomic E-state index is 12.8. The summed E-state index contributed by atoms with van der Waals surface area (Å²) in [6.45, 7) is 7.20. The van der Waals surface area contributed by atoms with E-state index < -0.39 is 0 Å². The zero-order chi connectivity index (χ0) is 19.1. The van der Waals surface area contributed by atoms with E-state index in [1.165, 1.54) is 0 Å². The highest BCUT2D eigenvalue weighted by molar-refractivity contribution is 5.98. The second-order valence-corrected chi connectivity index (χ2v) is 7.17. The number of hydrogen-bond acceptors (Lipinski definition) is 3. The Kier molecular flexibility index (Phi) is 7.18. The Morgan fingerprint density at radius 2 is 1.88 bits per heavy atom. The fourth-order valence-electron chi connectivity index (χ4n) is 3.09. The van der Waals surface area contributed by atoms with Crippen LogP contribution >= 0.6 is 0 Å². The van der Waals surface area contributed by atoms with Crippen LogP contribution in [-0.4, -0.2) is 41.8 Å². The second kappa shape index (κ2) is 9.36. The van der Waals surface area contributed by atoms with Crippen LogP contribution in [0.3, 0.4) is 0 Å². The van der Waals surface area contributed by atoms with Gasteiger partial charge in [-0.25, -0.2) is 0 Å². The Bertz CT molecular complexity index is 640. The van der Waals surface area contributed by atoms with Crippen LogP contribution in [0.1, 0.15) is 56.8 Å². The minimum atomic E-state index is -0.389. The molecule has 1 aliphatic rings. The summed E-state index contributed by atoms with van der Waals surface area (Å²) in [5.41, 5.74) is 1.20. The highest BCUT2D eigenvalue weighted by Gasteiger charge is 2.34. The number of nitrogens with one attached hydrogen (secondary N) is 2. The van der Waals surface area contributed by atoms with Gasteiger partial charge >= 0.3 is 0 Å². The number of hydrogen-bond donors (Lipinski definition) is 2. The molecule has 1 saturated heterocycles. The molecule has 0 spiro atoms. The van der Waals surface area contributed by atoms with Crippen molar-refractivity contribution < 1.29 is 14.4 Å². The SMILES string of the molecule is CCCNC(=O)C1CCCN1C(=O)c1ccc(NC(=O)CC(C)C)cc1. The molecular formula is C20H29N3O3. The molecule has 0 aromatic heterocycles. The van der Waals surface area contributed by atoms with Crippen molar-refractivity contribution in [2.75, 3.05) is 18.4 Å². The molecule has 2 N–H and O–H groups in total. The number of benzene rings is 1. The Morgan fingerprint density at radius 3 is 2.50 bits per heavy atom. The molecule has 26 heavy (non-hydrogen) atoms. The first-order valence-electron chi connectivity index (χ1n) is 9.41. The van der Waals surface area contributed by atoms with Gasteiger partial charge in [-0.1, -0.05) is 20.8 Å². The van der Waals surface area contributed by atoms with Crippen molar-refractivity contribution in [1.82, 2.24) is 10.2 Å². The summed E-state index contributed by atoms with van der Waals surface area (Å²) >= 11 is 0. The summed E-state index contributed by atoms with van der Waals surface area (Å²) in [4.78, 5) is 38.5. The molecule has 1 aromatic rings. The van der Waals surface area contributed by atoms with Crippen molar-refractivity contribution in [3.8, 4) is 0 Å². The van der Waals surface area contributed by atoms with Crippen LogP contribution in [0.15, 0.2) is 24.3 Å². The average Bonchev–Trinajstić information content (AvgIpc) is 3.08. The highest BCUT2D eigenvalue weighted by atomic mass is 16.2. The van der Waals surface area contributed by atoms with Crippen LogP contribution < -0.4 is 10.6 Å². The molecule has 0 radical (unpaired) electrons. The van der Waals surface area contributed by atoms with Crippen LogP contribution in [0.5, 0.6) is 0 Å². The van der Waals surface area contributed by atoms with Crippen LogP contribution in [0.25, 0.3) is 0 Å². The van der Waals surface area contributed by atoms with Crippen LogP contribution in [0, 0.1) is 5.92 Å². The lowest BCUT2D eigenvalue weighted by Crippen LogP contribution is -2.46. The maximum absolute atomic E-state index is 12.8. The minimum Gasteiger partial charge on any atom is -0.354 e. The summed E-state index contributed by atoms with van der Waals surface area (Å²) in [5, 5.41) is 5.71. The molecule has 0 aliphatic carbocycles. The van der Waals surface area contributed by atoms with Gasteiger partial charge in [0.2, 0.25) is 11.8 Å². The van der Waals surface area contributed by atoms with Gasteiger partial charge in [0.05, 0.1) is 0 Å². The predicted octanol–water partition coefficient (Wildman–Crippen LogP) is 2.80. The summed E-state index contributed by atoms with van der Waals surface area (Å²) in [7, 11) is 0. The highest BCUT2D eigenvalue weighted by Crippen LogP contribution is 2.21. The van der Waals surface area contributed by atoms with Gasteiger partial charge in [0, 0.05) is 30.8 Å². The van der Waals surface area contributed by atoms with Crippen LogP contribution in [0.4, 0.5) is 5.69 Å². The third-order valence-corrected chi connectivity index (χ3v) is 4.37. The van der Waals surface area contributed by atoms with E-state index in [1.807, 2.05) is 20.8 Å². The summed E-state index contributed by atoms with van der Waals surface area (Å²) in [5.74, 6) is 0.0440. The lowest BCUT2D eigenvalue weighted by atomic mass is 10.1. The number of nitrogens with zero attached hydrogens (tertiary/aromatic N) is 1. The standard InChI is InChI=1S/C20H29N3O3/c1-4-11-21-19(25)17-6-5-12-23(17)20(26)15-7-9-16(10-8-15)22-18(24)13-14(2)3/h7-10,14,17H,4-6,11-13H2,1-3H3,(H,21,25)(H,22,24). The lowest BCUT2D eigenvalue weighted by Gasteiger charge is -2.24. The average molecular weight is 359 g/mol. The molecule has 1 unspecified atom stereocenters. The Morgan fingerprint density at radius 1 is 1.19 bits per heavy atom. The number of carbonyl (C=O) groups is 3. The first kappa shape index (κ1) is 19.9.